The van der Waals surface area contributed by atoms with Crippen molar-refractivity contribution in [3.63, 3.8) is 0 Å². The molecule has 1 atom stereocenters. The molecule has 0 bridgehead atoms. The molecule has 0 aliphatic carbocycles. The third kappa shape index (κ3) is 3.96. The fraction of sp³-hybridized carbons (Fsp3) is 0.643. The first-order chi connectivity index (χ1) is 8.60. The number of nitrogens with zero attached hydrogens (tertiary/aromatic N) is 2. The molecule has 0 aliphatic rings. The number of hydrogen-bond donors (Lipinski definition) is 2. The maximum Gasteiger partial charge on any atom is 0.128 e. The lowest BCUT2D eigenvalue weighted by Gasteiger charge is -2.27. The summed E-state index contributed by atoms with van der Waals surface area (Å²) in [4.78, 5) is 6.60. The molecule has 0 spiro atoms. The minimum Gasteiger partial charge on any atom is -0.395 e. The molecule has 0 amide bonds. The number of aromatic nitrogens is 1. The van der Waals surface area contributed by atoms with Gasteiger partial charge < -0.3 is 15.3 Å². The smallest absolute Gasteiger partial charge is 0.128 e. The van der Waals surface area contributed by atoms with Crippen molar-refractivity contribution in [2.45, 2.75) is 39.8 Å². The van der Waals surface area contributed by atoms with E-state index in [1.54, 1.807) is 0 Å². The van der Waals surface area contributed by atoms with Gasteiger partial charge in [-0.2, -0.15) is 0 Å². The number of nitrogens with one attached hydrogen (secondary N) is 1. The van der Waals surface area contributed by atoms with Crippen molar-refractivity contribution in [2.75, 3.05) is 24.6 Å². The first-order valence-corrected chi connectivity index (χ1v) is 6.67. The van der Waals surface area contributed by atoms with Crippen molar-refractivity contribution in [2.24, 2.45) is 0 Å². The Balaban J connectivity index is 2.80. The van der Waals surface area contributed by atoms with Gasteiger partial charge in [-0.15, -0.1) is 0 Å². The van der Waals surface area contributed by atoms with Gasteiger partial charge in [-0.3, -0.25) is 0 Å². The van der Waals surface area contributed by atoms with E-state index >= 15 is 0 Å². The second kappa shape index (κ2) is 7.34. The first-order valence-electron chi connectivity index (χ1n) is 6.67. The molecule has 0 fully saturated rings. The van der Waals surface area contributed by atoms with Crippen LogP contribution in [-0.2, 0) is 0 Å². The van der Waals surface area contributed by atoms with Gasteiger partial charge in [-0.1, -0.05) is 13.0 Å². The van der Waals surface area contributed by atoms with Gasteiger partial charge in [0.15, 0.2) is 0 Å². The van der Waals surface area contributed by atoms with Crippen molar-refractivity contribution >= 4 is 5.82 Å². The highest BCUT2D eigenvalue weighted by atomic mass is 16.3. The Morgan fingerprint density at radius 2 is 2.06 bits per heavy atom. The molecule has 1 rings (SSSR count). The molecule has 2 N–H and O–H groups in total. The van der Waals surface area contributed by atoms with Crippen molar-refractivity contribution in [1.29, 1.82) is 0 Å². The summed E-state index contributed by atoms with van der Waals surface area (Å²) in [6, 6.07) is 4.78. The summed E-state index contributed by atoms with van der Waals surface area (Å²) in [5.41, 5.74) is 1.19. The Bertz CT molecular complexity index is 337. The van der Waals surface area contributed by atoms with E-state index in [2.05, 4.69) is 49.0 Å². The van der Waals surface area contributed by atoms with E-state index in [4.69, 9.17) is 5.11 Å². The SMILES string of the molecule is CCNC(C)c1ccc(N(CCO)C(C)C)nc1. The van der Waals surface area contributed by atoms with Crippen molar-refractivity contribution in [1.82, 2.24) is 10.3 Å². The lowest BCUT2D eigenvalue weighted by Crippen LogP contribution is -2.34. The fourth-order valence-electron chi connectivity index (χ4n) is 1.99. The zero-order chi connectivity index (χ0) is 13.5. The van der Waals surface area contributed by atoms with Crippen LogP contribution in [0.5, 0.6) is 0 Å². The maximum absolute atomic E-state index is 9.08. The third-order valence-electron chi connectivity index (χ3n) is 3.04. The number of anilines is 1. The Hall–Kier alpha value is -1.13. The van der Waals surface area contributed by atoms with Gasteiger partial charge in [0.1, 0.15) is 5.82 Å². The number of pyridine rings is 1. The molecule has 1 aromatic heterocycles. The third-order valence-corrected chi connectivity index (χ3v) is 3.04. The zero-order valence-electron chi connectivity index (χ0n) is 11.8. The monoisotopic (exact) mass is 251 g/mol. The minimum atomic E-state index is 0.148. The van der Waals surface area contributed by atoms with Gasteiger partial charge in [0.2, 0.25) is 0 Å². The molecule has 1 unspecified atom stereocenters. The summed E-state index contributed by atoms with van der Waals surface area (Å²) in [6.07, 6.45) is 1.91. The van der Waals surface area contributed by atoms with Gasteiger partial charge in [0, 0.05) is 24.8 Å². The molecule has 18 heavy (non-hydrogen) atoms. The van der Waals surface area contributed by atoms with Crippen LogP contribution < -0.4 is 10.2 Å². The summed E-state index contributed by atoms with van der Waals surface area (Å²) in [6.45, 7) is 10.2. The van der Waals surface area contributed by atoms with E-state index in [-0.39, 0.29) is 6.61 Å². The highest BCUT2D eigenvalue weighted by Gasteiger charge is 2.12. The van der Waals surface area contributed by atoms with Crippen LogP contribution in [0.25, 0.3) is 0 Å². The van der Waals surface area contributed by atoms with E-state index in [1.165, 1.54) is 5.56 Å². The second-order valence-corrected chi connectivity index (χ2v) is 4.74. The number of aliphatic hydroxyl groups excluding tert-OH is 1. The molecular weight excluding hydrogens is 226 g/mol. The average Bonchev–Trinajstić information content (AvgIpc) is 2.36. The van der Waals surface area contributed by atoms with Crippen LogP contribution in [-0.4, -0.2) is 35.8 Å². The molecule has 0 aliphatic heterocycles. The van der Waals surface area contributed by atoms with Gasteiger partial charge in [-0.05, 0) is 38.9 Å². The van der Waals surface area contributed by atoms with E-state index in [1.807, 2.05) is 12.3 Å². The van der Waals surface area contributed by atoms with Crippen LogP contribution >= 0.6 is 0 Å². The average molecular weight is 251 g/mol. The summed E-state index contributed by atoms with van der Waals surface area (Å²) in [7, 11) is 0. The van der Waals surface area contributed by atoms with E-state index in [0.29, 0.717) is 18.6 Å². The van der Waals surface area contributed by atoms with Crippen molar-refractivity contribution in [3.8, 4) is 0 Å². The summed E-state index contributed by atoms with van der Waals surface area (Å²) >= 11 is 0. The summed E-state index contributed by atoms with van der Waals surface area (Å²) in [5, 5.41) is 12.4. The Morgan fingerprint density at radius 1 is 1.33 bits per heavy atom. The fourth-order valence-corrected chi connectivity index (χ4v) is 1.99. The predicted octanol–water partition coefficient (Wildman–Crippen LogP) is 1.96. The quantitative estimate of drug-likeness (QED) is 0.778. The highest BCUT2D eigenvalue weighted by Crippen LogP contribution is 2.17. The molecule has 0 radical (unpaired) electrons. The van der Waals surface area contributed by atoms with Crippen LogP contribution in [0, 0.1) is 0 Å². The van der Waals surface area contributed by atoms with Crippen molar-refractivity contribution in [3.05, 3.63) is 23.9 Å². The second-order valence-electron chi connectivity index (χ2n) is 4.74. The molecule has 0 saturated carbocycles. The van der Waals surface area contributed by atoms with Crippen LogP contribution in [0.1, 0.15) is 39.3 Å². The van der Waals surface area contributed by atoms with Crippen LogP contribution in [0.15, 0.2) is 18.3 Å². The Labute approximate surface area is 110 Å². The predicted molar refractivity (Wildman–Crippen MR) is 75.9 cm³/mol. The van der Waals surface area contributed by atoms with Crippen LogP contribution in [0.3, 0.4) is 0 Å². The van der Waals surface area contributed by atoms with E-state index < -0.39 is 0 Å². The standard InChI is InChI=1S/C14H25N3O/c1-5-15-12(4)13-6-7-14(16-10-13)17(8-9-18)11(2)3/h6-7,10-12,15,18H,5,8-9H2,1-4H3. The largest absolute Gasteiger partial charge is 0.395 e. The Morgan fingerprint density at radius 3 is 2.50 bits per heavy atom. The van der Waals surface area contributed by atoms with Crippen LogP contribution in [0.4, 0.5) is 5.82 Å². The number of hydrogen-bond acceptors (Lipinski definition) is 4. The van der Waals surface area contributed by atoms with Gasteiger partial charge in [0.25, 0.3) is 0 Å². The van der Waals surface area contributed by atoms with Gasteiger partial charge in [0.05, 0.1) is 6.61 Å². The molecule has 4 heteroatoms. The van der Waals surface area contributed by atoms with Crippen LogP contribution in [0.2, 0.25) is 0 Å². The Kier molecular flexibility index (Phi) is 6.09. The molecule has 4 nitrogen and oxygen atoms in total. The van der Waals surface area contributed by atoms with Crippen molar-refractivity contribution < 1.29 is 5.11 Å². The molecular formula is C14H25N3O. The molecule has 102 valence electrons. The topological polar surface area (TPSA) is 48.4 Å². The molecule has 1 aromatic rings. The van der Waals surface area contributed by atoms with Gasteiger partial charge in [-0.25, -0.2) is 4.98 Å². The number of aliphatic hydroxyl groups is 1. The highest BCUT2D eigenvalue weighted by molar-refractivity contribution is 5.40. The maximum atomic E-state index is 9.08. The lowest BCUT2D eigenvalue weighted by atomic mass is 10.1. The summed E-state index contributed by atoms with van der Waals surface area (Å²) < 4.78 is 0. The first kappa shape index (κ1) is 14.9. The van der Waals surface area contributed by atoms with E-state index in [0.717, 1.165) is 12.4 Å². The molecule has 0 saturated heterocycles. The minimum absolute atomic E-state index is 0.148. The number of rotatable bonds is 7. The zero-order valence-corrected chi connectivity index (χ0v) is 11.8. The lowest BCUT2D eigenvalue weighted by molar-refractivity contribution is 0.298. The molecule has 1 heterocycles. The van der Waals surface area contributed by atoms with E-state index in [9.17, 15) is 0 Å². The normalized spacial score (nSPS) is 12.8. The molecule has 0 aromatic carbocycles. The van der Waals surface area contributed by atoms with Gasteiger partial charge >= 0.3 is 0 Å². The summed E-state index contributed by atoms with van der Waals surface area (Å²) in [5.74, 6) is 0.923.